The minimum absolute atomic E-state index is 0.216. The fraction of sp³-hybridized carbons (Fsp3) is 0.364. The van der Waals surface area contributed by atoms with Crippen molar-refractivity contribution in [3.05, 3.63) is 66.2 Å². The van der Waals surface area contributed by atoms with Crippen molar-refractivity contribution in [3.63, 3.8) is 0 Å². The second-order valence-electron chi connectivity index (χ2n) is 6.79. The molecule has 6 nitrogen and oxygen atoms in total. The lowest BCUT2D eigenvalue weighted by Gasteiger charge is -2.21. The van der Waals surface area contributed by atoms with Gasteiger partial charge in [0.25, 0.3) is 0 Å². The van der Waals surface area contributed by atoms with Crippen LogP contribution in [0.1, 0.15) is 25.3 Å². The van der Waals surface area contributed by atoms with E-state index in [-0.39, 0.29) is 17.6 Å². The molecule has 2 aromatic carbocycles. The van der Waals surface area contributed by atoms with Crippen molar-refractivity contribution in [2.75, 3.05) is 18.5 Å². The summed E-state index contributed by atoms with van der Waals surface area (Å²) in [5, 5.41) is 13.6. The fourth-order valence-electron chi connectivity index (χ4n) is 2.85. The van der Waals surface area contributed by atoms with E-state index in [9.17, 15) is 9.90 Å². The molecule has 7 heteroatoms. The number of carbonyl (C=O) groups excluding carboxylic acids is 1. The Hall–Kier alpha value is -2.48. The number of para-hydroxylation sites is 1. The highest BCUT2D eigenvalue weighted by Gasteiger charge is 2.23. The first-order valence-corrected chi connectivity index (χ1v) is 10.2. The minimum atomic E-state index is -0.713. The molecule has 0 heterocycles. The highest BCUT2D eigenvalue weighted by atomic mass is 32.1. The van der Waals surface area contributed by atoms with Gasteiger partial charge in [-0.25, -0.2) is 0 Å². The highest BCUT2D eigenvalue weighted by molar-refractivity contribution is 7.80. The molecule has 4 N–H and O–H groups in total. The third-order valence-corrected chi connectivity index (χ3v) is 4.45. The molecule has 0 aliphatic rings. The summed E-state index contributed by atoms with van der Waals surface area (Å²) in [6.07, 6.45) is 0.981. The Morgan fingerprint density at radius 1 is 1.07 bits per heavy atom. The van der Waals surface area contributed by atoms with Gasteiger partial charge in [0, 0.05) is 18.2 Å². The molecule has 0 aromatic heterocycles. The molecule has 0 saturated carbocycles. The molecule has 1 amide bonds. The second kappa shape index (κ2) is 12.9. The number of anilines is 1. The van der Waals surface area contributed by atoms with E-state index in [0.29, 0.717) is 19.4 Å². The van der Waals surface area contributed by atoms with Crippen molar-refractivity contribution in [1.29, 1.82) is 0 Å². The van der Waals surface area contributed by atoms with E-state index in [1.54, 1.807) is 0 Å². The number of aliphatic hydroxyl groups excluding tert-OH is 1. The number of aliphatic hydroxyl groups is 1. The van der Waals surface area contributed by atoms with E-state index in [1.165, 1.54) is 0 Å². The molecule has 2 aromatic rings. The number of amides is 1. The minimum Gasteiger partial charge on any atom is -0.391 e. The predicted octanol–water partition coefficient (Wildman–Crippen LogP) is 3.04. The van der Waals surface area contributed by atoms with E-state index < -0.39 is 12.0 Å². The van der Waals surface area contributed by atoms with Gasteiger partial charge < -0.3 is 15.2 Å². The maximum absolute atomic E-state index is 12.8. The second-order valence-corrected chi connectivity index (χ2v) is 7.19. The molecular weight excluding hydrogens is 386 g/mol. The Morgan fingerprint density at radius 3 is 2.38 bits per heavy atom. The van der Waals surface area contributed by atoms with Crippen molar-refractivity contribution in [2.24, 2.45) is 5.92 Å². The average molecular weight is 416 g/mol. The number of hydrogen-bond donors (Lipinski definition) is 4. The van der Waals surface area contributed by atoms with Crippen LogP contribution < -0.4 is 16.2 Å². The van der Waals surface area contributed by atoms with Gasteiger partial charge in [-0.2, -0.15) is 0 Å². The Kier molecular flexibility index (Phi) is 10.1. The summed E-state index contributed by atoms with van der Waals surface area (Å²) in [5.41, 5.74) is 7.23. The quantitative estimate of drug-likeness (QED) is 0.271. The van der Waals surface area contributed by atoms with Crippen LogP contribution in [0.4, 0.5) is 5.69 Å². The lowest BCUT2D eigenvalue weighted by molar-refractivity contribution is -0.127. The SMILES string of the molecule is CCCOC[C@H](O)C[C@@H](Cc1ccccc1)C(=O)NNC(=S)Nc1ccccc1. The molecule has 29 heavy (non-hydrogen) atoms. The van der Waals surface area contributed by atoms with Crippen molar-refractivity contribution in [2.45, 2.75) is 32.3 Å². The number of hydrazine groups is 1. The van der Waals surface area contributed by atoms with Crippen LogP contribution in [0.5, 0.6) is 0 Å². The third kappa shape index (κ3) is 9.04. The summed E-state index contributed by atoms with van der Waals surface area (Å²) in [5.74, 6) is -0.662. The van der Waals surface area contributed by atoms with Crippen LogP contribution in [-0.4, -0.2) is 35.4 Å². The van der Waals surface area contributed by atoms with Crippen molar-refractivity contribution in [1.82, 2.24) is 10.9 Å². The Balaban J connectivity index is 1.91. The van der Waals surface area contributed by atoms with Gasteiger partial charge in [-0.1, -0.05) is 55.5 Å². The van der Waals surface area contributed by atoms with Gasteiger partial charge in [-0.05, 0) is 49.2 Å². The van der Waals surface area contributed by atoms with E-state index >= 15 is 0 Å². The van der Waals surface area contributed by atoms with Crippen LogP contribution in [0, 0.1) is 5.92 Å². The van der Waals surface area contributed by atoms with Gasteiger partial charge in [-0.15, -0.1) is 0 Å². The Bertz CT molecular complexity index is 743. The topological polar surface area (TPSA) is 82.6 Å². The van der Waals surface area contributed by atoms with E-state index in [0.717, 1.165) is 17.7 Å². The summed E-state index contributed by atoms with van der Waals surface area (Å²) in [7, 11) is 0. The number of nitrogens with one attached hydrogen (secondary N) is 3. The van der Waals surface area contributed by atoms with Crippen LogP contribution in [0.15, 0.2) is 60.7 Å². The molecule has 0 unspecified atom stereocenters. The fourth-order valence-corrected chi connectivity index (χ4v) is 3.01. The van der Waals surface area contributed by atoms with Crippen LogP contribution in [0.3, 0.4) is 0 Å². The summed E-state index contributed by atoms with van der Waals surface area (Å²) >= 11 is 5.22. The summed E-state index contributed by atoms with van der Waals surface area (Å²) in [6, 6.07) is 19.2. The van der Waals surface area contributed by atoms with Crippen LogP contribution in [0.25, 0.3) is 0 Å². The average Bonchev–Trinajstić information content (AvgIpc) is 2.73. The highest BCUT2D eigenvalue weighted by Crippen LogP contribution is 2.15. The predicted molar refractivity (Wildman–Crippen MR) is 119 cm³/mol. The molecule has 0 bridgehead atoms. The Morgan fingerprint density at radius 2 is 1.72 bits per heavy atom. The van der Waals surface area contributed by atoms with Gasteiger partial charge in [0.2, 0.25) is 5.91 Å². The molecular formula is C22H29N3O3S. The van der Waals surface area contributed by atoms with Crippen molar-refractivity contribution < 1.29 is 14.6 Å². The number of benzene rings is 2. The molecule has 2 atom stereocenters. The molecule has 0 fully saturated rings. The van der Waals surface area contributed by atoms with Crippen molar-refractivity contribution in [3.8, 4) is 0 Å². The normalized spacial score (nSPS) is 12.6. The first-order chi connectivity index (χ1) is 14.1. The number of hydrogen-bond acceptors (Lipinski definition) is 4. The van der Waals surface area contributed by atoms with Crippen LogP contribution in [0.2, 0.25) is 0 Å². The maximum Gasteiger partial charge on any atom is 0.241 e. The molecule has 0 aliphatic carbocycles. The zero-order valence-electron chi connectivity index (χ0n) is 16.6. The number of ether oxygens (including phenoxy) is 1. The summed E-state index contributed by atoms with van der Waals surface area (Å²) in [6.45, 7) is 2.82. The largest absolute Gasteiger partial charge is 0.391 e. The summed E-state index contributed by atoms with van der Waals surface area (Å²) < 4.78 is 5.41. The van der Waals surface area contributed by atoms with Crippen LogP contribution in [-0.2, 0) is 16.0 Å². The molecule has 156 valence electrons. The maximum atomic E-state index is 12.8. The number of thiocarbonyl (C=S) groups is 1. The molecule has 0 spiro atoms. The van der Waals surface area contributed by atoms with E-state index in [1.807, 2.05) is 67.6 Å². The van der Waals surface area contributed by atoms with Crippen LogP contribution >= 0.6 is 12.2 Å². The lowest BCUT2D eigenvalue weighted by atomic mass is 9.93. The standard InChI is InChI=1S/C22H29N3O3S/c1-2-13-28-16-20(26)15-18(14-17-9-5-3-6-10-17)21(27)24-25-22(29)23-19-11-7-4-8-12-19/h3-12,18,20,26H,2,13-16H2,1H3,(H,24,27)(H2,23,25,29)/t18-,20-/m1/s1. The first kappa shape index (κ1) is 22.8. The molecule has 2 rings (SSSR count). The number of rotatable bonds is 10. The van der Waals surface area contributed by atoms with Crippen molar-refractivity contribution >= 4 is 28.9 Å². The molecule has 0 saturated heterocycles. The lowest BCUT2D eigenvalue weighted by Crippen LogP contribution is -2.47. The first-order valence-electron chi connectivity index (χ1n) is 9.80. The van der Waals surface area contributed by atoms with Gasteiger partial charge in [0.15, 0.2) is 5.11 Å². The van der Waals surface area contributed by atoms with Gasteiger partial charge in [-0.3, -0.25) is 15.6 Å². The molecule has 0 radical (unpaired) electrons. The summed E-state index contributed by atoms with van der Waals surface area (Å²) in [4.78, 5) is 12.8. The zero-order valence-corrected chi connectivity index (χ0v) is 17.5. The van der Waals surface area contributed by atoms with E-state index in [2.05, 4.69) is 16.2 Å². The smallest absolute Gasteiger partial charge is 0.241 e. The number of carbonyl (C=O) groups is 1. The van der Waals surface area contributed by atoms with Gasteiger partial charge in [0.05, 0.1) is 12.7 Å². The van der Waals surface area contributed by atoms with Gasteiger partial charge in [0.1, 0.15) is 0 Å². The van der Waals surface area contributed by atoms with E-state index in [4.69, 9.17) is 17.0 Å². The zero-order chi connectivity index (χ0) is 20.9. The molecule has 0 aliphatic heterocycles. The Labute approximate surface area is 177 Å². The van der Waals surface area contributed by atoms with Gasteiger partial charge >= 0.3 is 0 Å². The monoisotopic (exact) mass is 415 g/mol. The third-order valence-electron chi connectivity index (χ3n) is 4.24.